The van der Waals surface area contributed by atoms with Gasteiger partial charge in [-0.3, -0.25) is 10.1 Å². The van der Waals surface area contributed by atoms with E-state index in [-0.39, 0.29) is 17.6 Å². The number of hydrogen-bond donors (Lipinski definition) is 3. The number of rotatable bonds is 5. The predicted octanol–water partition coefficient (Wildman–Crippen LogP) is 2.36. The van der Waals surface area contributed by atoms with Gasteiger partial charge in [-0.2, -0.15) is 0 Å². The molecule has 0 unspecified atom stereocenters. The first-order valence-electron chi connectivity index (χ1n) is 7.92. The number of carbonyl (C=O) groups is 1. The molecule has 1 aromatic carbocycles. The van der Waals surface area contributed by atoms with Gasteiger partial charge in [0.2, 0.25) is 5.96 Å². The van der Waals surface area contributed by atoms with Gasteiger partial charge in [-0.1, -0.05) is 19.9 Å². The SMILES string of the molecule is CC(C)C[C@H](CF)NC1=N/C(=C\c2ccc3[nH]cnc3c2)C(=O)N1. The Bertz CT molecular complexity index is 808. The molecule has 1 aliphatic rings. The van der Waals surface area contributed by atoms with Gasteiger partial charge >= 0.3 is 0 Å². The summed E-state index contributed by atoms with van der Waals surface area (Å²) in [4.78, 5) is 23.5. The number of guanidine groups is 1. The molecule has 1 amide bonds. The van der Waals surface area contributed by atoms with Crippen molar-refractivity contribution < 1.29 is 9.18 Å². The smallest absolute Gasteiger partial charge is 0.276 e. The minimum atomic E-state index is -0.512. The quantitative estimate of drug-likeness (QED) is 0.737. The molecular formula is C17H20FN5O. The van der Waals surface area contributed by atoms with Crippen molar-refractivity contribution in [2.45, 2.75) is 26.3 Å². The van der Waals surface area contributed by atoms with Gasteiger partial charge in [0.15, 0.2) is 0 Å². The summed E-state index contributed by atoms with van der Waals surface area (Å²) >= 11 is 0. The van der Waals surface area contributed by atoms with E-state index in [1.807, 2.05) is 32.0 Å². The number of nitrogens with zero attached hydrogens (tertiary/aromatic N) is 2. The van der Waals surface area contributed by atoms with Crippen LogP contribution in [0.25, 0.3) is 17.1 Å². The number of benzene rings is 1. The van der Waals surface area contributed by atoms with Crippen molar-refractivity contribution >= 4 is 29.0 Å². The number of hydrogen-bond acceptors (Lipinski definition) is 4. The molecule has 2 heterocycles. The maximum absolute atomic E-state index is 13.1. The highest BCUT2D eigenvalue weighted by molar-refractivity contribution is 6.13. The maximum Gasteiger partial charge on any atom is 0.276 e. The van der Waals surface area contributed by atoms with Crippen LogP contribution in [0, 0.1) is 5.92 Å². The minimum absolute atomic E-state index is 0.287. The predicted molar refractivity (Wildman–Crippen MR) is 92.0 cm³/mol. The number of alkyl halides is 1. The summed E-state index contributed by atoms with van der Waals surface area (Å²) in [5, 5.41) is 5.59. The zero-order valence-corrected chi connectivity index (χ0v) is 13.6. The van der Waals surface area contributed by atoms with Crippen molar-refractivity contribution in [1.82, 2.24) is 20.6 Å². The van der Waals surface area contributed by atoms with Gasteiger partial charge in [-0.05, 0) is 36.1 Å². The van der Waals surface area contributed by atoms with Crippen LogP contribution in [0.2, 0.25) is 0 Å². The highest BCUT2D eigenvalue weighted by atomic mass is 19.1. The average molecular weight is 329 g/mol. The lowest BCUT2D eigenvalue weighted by Crippen LogP contribution is -2.44. The summed E-state index contributed by atoms with van der Waals surface area (Å²) in [7, 11) is 0. The van der Waals surface area contributed by atoms with E-state index in [1.165, 1.54) is 0 Å². The highest BCUT2D eigenvalue weighted by Crippen LogP contribution is 2.16. The fourth-order valence-electron chi connectivity index (χ4n) is 2.66. The fourth-order valence-corrected chi connectivity index (χ4v) is 2.66. The zero-order chi connectivity index (χ0) is 17.1. The van der Waals surface area contributed by atoms with Gasteiger partial charge < -0.3 is 10.3 Å². The van der Waals surface area contributed by atoms with E-state index >= 15 is 0 Å². The van der Waals surface area contributed by atoms with Crippen LogP contribution >= 0.6 is 0 Å². The fraction of sp³-hybridized carbons (Fsp3) is 0.353. The molecule has 0 spiro atoms. The van der Waals surface area contributed by atoms with E-state index in [1.54, 1.807) is 12.4 Å². The van der Waals surface area contributed by atoms with Gasteiger partial charge in [0.1, 0.15) is 12.4 Å². The molecule has 0 fully saturated rings. The van der Waals surface area contributed by atoms with E-state index < -0.39 is 6.67 Å². The summed E-state index contributed by atoms with van der Waals surface area (Å²) in [5.74, 6) is 0.351. The maximum atomic E-state index is 13.1. The monoisotopic (exact) mass is 329 g/mol. The number of halogens is 1. The molecule has 7 heteroatoms. The lowest BCUT2D eigenvalue weighted by molar-refractivity contribution is -0.115. The van der Waals surface area contributed by atoms with Crippen LogP contribution in [-0.2, 0) is 4.79 Å². The summed E-state index contributed by atoms with van der Waals surface area (Å²) in [6.07, 6.45) is 3.97. The minimum Gasteiger partial charge on any atom is -0.350 e. The Balaban J connectivity index is 1.77. The zero-order valence-electron chi connectivity index (χ0n) is 13.6. The van der Waals surface area contributed by atoms with Crippen LogP contribution in [0.4, 0.5) is 4.39 Å². The number of nitrogens with one attached hydrogen (secondary N) is 3. The number of amides is 1. The van der Waals surface area contributed by atoms with Crippen LogP contribution in [0.1, 0.15) is 25.8 Å². The molecule has 0 bridgehead atoms. The molecule has 3 N–H and O–H groups in total. The Kier molecular flexibility index (Phi) is 4.59. The summed E-state index contributed by atoms with van der Waals surface area (Å²) in [6.45, 7) is 3.54. The molecule has 3 rings (SSSR count). The number of aromatic nitrogens is 2. The molecule has 0 radical (unpaired) electrons. The van der Waals surface area contributed by atoms with Crippen LogP contribution in [-0.4, -0.2) is 34.6 Å². The van der Waals surface area contributed by atoms with Crippen LogP contribution in [0.5, 0.6) is 0 Å². The number of carbonyl (C=O) groups excluding carboxylic acids is 1. The Hall–Kier alpha value is -2.70. The van der Waals surface area contributed by atoms with E-state index in [2.05, 4.69) is 25.6 Å². The molecule has 1 aromatic heterocycles. The number of imidazole rings is 1. The van der Waals surface area contributed by atoms with Crippen LogP contribution in [0.15, 0.2) is 35.2 Å². The number of aromatic amines is 1. The van der Waals surface area contributed by atoms with Crippen molar-refractivity contribution in [2.75, 3.05) is 6.67 Å². The van der Waals surface area contributed by atoms with Gasteiger partial charge in [0.05, 0.1) is 23.4 Å². The lowest BCUT2D eigenvalue weighted by atomic mass is 10.1. The average Bonchev–Trinajstić information content (AvgIpc) is 3.12. The molecule has 126 valence electrons. The molecule has 0 saturated heterocycles. The first-order valence-corrected chi connectivity index (χ1v) is 7.92. The van der Waals surface area contributed by atoms with Crippen molar-refractivity contribution in [3.8, 4) is 0 Å². The van der Waals surface area contributed by atoms with Crippen molar-refractivity contribution in [3.05, 3.63) is 35.8 Å². The highest BCUT2D eigenvalue weighted by Gasteiger charge is 2.22. The number of aliphatic imine (C=N–C) groups is 1. The van der Waals surface area contributed by atoms with Gasteiger partial charge in [0.25, 0.3) is 5.91 Å². The van der Waals surface area contributed by atoms with Crippen LogP contribution < -0.4 is 10.6 Å². The van der Waals surface area contributed by atoms with E-state index in [0.717, 1.165) is 16.6 Å². The van der Waals surface area contributed by atoms with Crippen molar-refractivity contribution in [3.63, 3.8) is 0 Å². The third kappa shape index (κ3) is 3.61. The second-order valence-corrected chi connectivity index (χ2v) is 6.25. The van der Waals surface area contributed by atoms with E-state index in [9.17, 15) is 9.18 Å². The largest absolute Gasteiger partial charge is 0.350 e. The Morgan fingerprint density at radius 3 is 2.96 bits per heavy atom. The third-order valence-corrected chi connectivity index (χ3v) is 3.73. The molecule has 0 saturated carbocycles. The van der Waals surface area contributed by atoms with Gasteiger partial charge in [-0.25, -0.2) is 14.4 Å². The van der Waals surface area contributed by atoms with Crippen molar-refractivity contribution in [1.29, 1.82) is 0 Å². The van der Waals surface area contributed by atoms with Gasteiger partial charge in [-0.15, -0.1) is 0 Å². The summed E-state index contributed by atoms with van der Waals surface area (Å²) < 4.78 is 13.1. The second kappa shape index (κ2) is 6.82. The molecule has 0 aliphatic carbocycles. The van der Waals surface area contributed by atoms with Crippen molar-refractivity contribution in [2.24, 2.45) is 10.9 Å². The first-order chi connectivity index (χ1) is 11.5. The Morgan fingerprint density at radius 2 is 2.21 bits per heavy atom. The van der Waals surface area contributed by atoms with Crippen LogP contribution in [0.3, 0.4) is 0 Å². The molecule has 24 heavy (non-hydrogen) atoms. The van der Waals surface area contributed by atoms with Gasteiger partial charge in [0, 0.05) is 0 Å². The Morgan fingerprint density at radius 1 is 1.38 bits per heavy atom. The second-order valence-electron chi connectivity index (χ2n) is 6.25. The Labute approximate surface area is 139 Å². The normalized spacial score (nSPS) is 17.4. The number of fused-ring (bicyclic) bond motifs is 1. The number of H-pyrrole nitrogens is 1. The van der Waals surface area contributed by atoms with E-state index in [4.69, 9.17) is 0 Å². The standard InChI is InChI=1S/C17H20FN5O/c1-10(2)5-12(8-18)21-17-22-15(16(24)23-17)7-11-3-4-13-14(6-11)20-9-19-13/h3-4,6-7,9-10,12H,5,8H2,1-2H3,(H,19,20)(H2,21,22,23,24)/b15-7-/t12-/m1/s1. The molecule has 2 aromatic rings. The lowest BCUT2D eigenvalue weighted by Gasteiger charge is -2.17. The topological polar surface area (TPSA) is 82.2 Å². The van der Waals surface area contributed by atoms with E-state index in [0.29, 0.717) is 18.3 Å². The summed E-state index contributed by atoms with van der Waals surface area (Å²) in [5.41, 5.74) is 2.86. The summed E-state index contributed by atoms with van der Waals surface area (Å²) in [6, 6.07) is 5.29. The molecular weight excluding hydrogens is 309 g/mol. The molecule has 6 nitrogen and oxygen atoms in total. The molecule has 1 aliphatic heterocycles. The first kappa shape index (κ1) is 16.2. The third-order valence-electron chi connectivity index (χ3n) is 3.73. The molecule has 1 atom stereocenters.